The van der Waals surface area contributed by atoms with E-state index in [1.54, 1.807) is 6.92 Å². The second-order valence-corrected chi connectivity index (χ2v) is 7.19. The van der Waals surface area contributed by atoms with Crippen LogP contribution in [0, 0.1) is 5.82 Å². The van der Waals surface area contributed by atoms with Crippen LogP contribution in [0.5, 0.6) is 5.75 Å². The van der Waals surface area contributed by atoms with E-state index in [9.17, 15) is 17.6 Å². The Morgan fingerprint density at radius 3 is 2.58 bits per heavy atom. The largest absolute Gasteiger partial charge is 0.495 e. The monoisotopic (exact) mass is 360 g/mol. The molecule has 0 aliphatic rings. The third-order valence-electron chi connectivity index (χ3n) is 3.52. The normalized spacial score (nSPS) is 11.5. The van der Waals surface area contributed by atoms with Gasteiger partial charge in [-0.1, -0.05) is 26.7 Å². The SMILES string of the molecule is CCCCCNC(=O)CN(CC)S(=O)(=O)c1cc(F)ccc1OC. The number of hydrogen-bond acceptors (Lipinski definition) is 4. The molecule has 8 heteroatoms. The van der Waals surface area contributed by atoms with Crippen LogP contribution in [0.25, 0.3) is 0 Å². The van der Waals surface area contributed by atoms with Crippen molar-refractivity contribution in [1.82, 2.24) is 9.62 Å². The molecule has 0 aliphatic carbocycles. The van der Waals surface area contributed by atoms with E-state index in [-0.39, 0.29) is 29.6 Å². The van der Waals surface area contributed by atoms with Crippen LogP contribution >= 0.6 is 0 Å². The van der Waals surface area contributed by atoms with Crippen molar-refractivity contribution in [3.05, 3.63) is 24.0 Å². The Hall–Kier alpha value is -1.67. The lowest BCUT2D eigenvalue weighted by Gasteiger charge is -2.21. The van der Waals surface area contributed by atoms with Gasteiger partial charge in [0.05, 0.1) is 13.7 Å². The maximum Gasteiger partial charge on any atom is 0.247 e. The number of carbonyl (C=O) groups is 1. The summed E-state index contributed by atoms with van der Waals surface area (Å²) in [6, 6.07) is 3.27. The Balaban J connectivity index is 2.90. The average Bonchev–Trinajstić information content (AvgIpc) is 2.56. The van der Waals surface area contributed by atoms with Crippen LogP contribution in [-0.4, -0.2) is 45.4 Å². The van der Waals surface area contributed by atoms with Gasteiger partial charge in [0, 0.05) is 13.1 Å². The molecule has 0 spiro atoms. The third kappa shape index (κ3) is 5.45. The molecular formula is C16H25FN2O4S. The first kappa shape index (κ1) is 20.4. The van der Waals surface area contributed by atoms with E-state index in [0.29, 0.717) is 6.54 Å². The maximum atomic E-state index is 13.5. The number of carbonyl (C=O) groups excluding carboxylic acids is 1. The molecule has 1 aromatic carbocycles. The van der Waals surface area contributed by atoms with Gasteiger partial charge in [-0.15, -0.1) is 0 Å². The molecule has 136 valence electrons. The van der Waals surface area contributed by atoms with Crippen molar-refractivity contribution in [2.75, 3.05) is 26.7 Å². The molecule has 0 radical (unpaired) electrons. The van der Waals surface area contributed by atoms with Gasteiger partial charge >= 0.3 is 0 Å². The number of benzene rings is 1. The van der Waals surface area contributed by atoms with Crippen LogP contribution in [0.4, 0.5) is 4.39 Å². The smallest absolute Gasteiger partial charge is 0.247 e. The lowest BCUT2D eigenvalue weighted by molar-refractivity contribution is -0.121. The third-order valence-corrected chi connectivity index (χ3v) is 5.46. The first-order chi connectivity index (χ1) is 11.4. The minimum Gasteiger partial charge on any atom is -0.495 e. The molecule has 0 aromatic heterocycles. The number of ether oxygens (including phenoxy) is 1. The number of unbranched alkanes of at least 4 members (excludes halogenated alkanes) is 2. The Labute approximate surface area is 143 Å². The zero-order chi connectivity index (χ0) is 18.2. The van der Waals surface area contributed by atoms with Crippen LogP contribution in [0.3, 0.4) is 0 Å². The molecule has 1 rings (SSSR count). The molecule has 0 fully saturated rings. The Morgan fingerprint density at radius 1 is 1.29 bits per heavy atom. The first-order valence-electron chi connectivity index (χ1n) is 7.97. The summed E-state index contributed by atoms with van der Waals surface area (Å²) in [7, 11) is -2.73. The molecule has 1 N–H and O–H groups in total. The molecule has 1 amide bonds. The molecule has 24 heavy (non-hydrogen) atoms. The van der Waals surface area contributed by atoms with E-state index < -0.39 is 15.8 Å². The van der Waals surface area contributed by atoms with Crippen LogP contribution in [0.1, 0.15) is 33.1 Å². The Morgan fingerprint density at radius 2 is 2.00 bits per heavy atom. The number of methoxy groups -OCH3 is 1. The lowest BCUT2D eigenvalue weighted by atomic mass is 10.2. The summed E-state index contributed by atoms with van der Waals surface area (Å²) in [4.78, 5) is 11.7. The summed E-state index contributed by atoms with van der Waals surface area (Å²) in [6.07, 6.45) is 2.88. The van der Waals surface area contributed by atoms with E-state index in [1.165, 1.54) is 13.2 Å². The predicted molar refractivity (Wildman–Crippen MR) is 89.9 cm³/mol. The maximum absolute atomic E-state index is 13.5. The fraction of sp³-hybridized carbons (Fsp3) is 0.562. The minimum absolute atomic E-state index is 0.0400. The molecule has 6 nitrogen and oxygen atoms in total. The van der Waals surface area contributed by atoms with Crippen molar-refractivity contribution in [2.45, 2.75) is 38.0 Å². The van der Waals surface area contributed by atoms with Gasteiger partial charge < -0.3 is 10.1 Å². The predicted octanol–water partition coefficient (Wildman–Crippen LogP) is 2.15. The van der Waals surface area contributed by atoms with Gasteiger partial charge in [-0.25, -0.2) is 12.8 Å². The zero-order valence-corrected chi connectivity index (χ0v) is 15.2. The van der Waals surface area contributed by atoms with E-state index in [4.69, 9.17) is 4.74 Å². The second kappa shape index (κ2) is 9.58. The molecule has 0 unspecified atom stereocenters. The summed E-state index contributed by atoms with van der Waals surface area (Å²) in [5.74, 6) is -1.03. The fourth-order valence-electron chi connectivity index (χ4n) is 2.18. The Kier molecular flexibility index (Phi) is 8.14. The molecule has 1 aromatic rings. The molecule has 0 bridgehead atoms. The summed E-state index contributed by atoms with van der Waals surface area (Å²) in [5.41, 5.74) is 0. The topological polar surface area (TPSA) is 75.7 Å². The number of amides is 1. The highest BCUT2D eigenvalue weighted by Gasteiger charge is 2.28. The number of hydrogen-bond donors (Lipinski definition) is 1. The van der Waals surface area contributed by atoms with Crippen LogP contribution in [0.15, 0.2) is 23.1 Å². The summed E-state index contributed by atoms with van der Waals surface area (Å²) in [5, 5.41) is 2.70. The molecule has 0 heterocycles. The standard InChI is InChI=1S/C16H25FN2O4S/c1-4-6-7-10-18-16(20)12-19(5-2)24(21,22)15-11-13(17)8-9-14(15)23-3/h8-9,11H,4-7,10,12H2,1-3H3,(H,18,20). The molecule has 0 aliphatic heterocycles. The lowest BCUT2D eigenvalue weighted by Crippen LogP contribution is -2.41. The number of rotatable bonds is 10. The van der Waals surface area contributed by atoms with E-state index in [1.807, 2.05) is 0 Å². The van der Waals surface area contributed by atoms with Gasteiger partial charge in [-0.3, -0.25) is 4.79 Å². The van der Waals surface area contributed by atoms with Crippen LogP contribution in [-0.2, 0) is 14.8 Å². The van der Waals surface area contributed by atoms with Gasteiger partial charge in [0.25, 0.3) is 0 Å². The number of nitrogens with zero attached hydrogens (tertiary/aromatic N) is 1. The minimum atomic E-state index is -4.04. The number of likely N-dealkylation sites (N-methyl/N-ethyl adjacent to an activating group) is 1. The van der Waals surface area contributed by atoms with Crippen molar-refractivity contribution in [1.29, 1.82) is 0 Å². The van der Waals surface area contributed by atoms with E-state index in [0.717, 1.165) is 35.7 Å². The van der Waals surface area contributed by atoms with Gasteiger partial charge in [0.1, 0.15) is 16.5 Å². The van der Waals surface area contributed by atoms with E-state index >= 15 is 0 Å². The summed E-state index contributed by atoms with van der Waals surface area (Å²) in [6.45, 7) is 3.95. The molecule has 0 atom stereocenters. The number of sulfonamides is 1. The van der Waals surface area contributed by atoms with Crippen molar-refractivity contribution in [3.8, 4) is 5.75 Å². The summed E-state index contributed by atoms with van der Waals surface area (Å²) >= 11 is 0. The van der Waals surface area contributed by atoms with Crippen LogP contribution < -0.4 is 10.1 Å². The average molecular weight is 360 g/mol. The van der Waals surface area contributed by atoms with Crippen molar-refractivity contribution in [3.63, 3.8) is 0 Å². The van der Waals surface area contributed by atoms with Crippen LogP contribution in [0.2, 0.25) is 0 Å². The second-order valence-electron chi connectivity index (χ2n) is 5.28. The Bertz CT molecular complexity index is 649. The molecular weight excluding hydrogens is 335 g/mol. The fourth-order valence-corrected chi connectivity index (χ4v) is 3.75. The van der Waals surface area contributed by atoms with Gasteiger partial charge in [-0.2, -0.15) is 4.31 Å². The molecule has 0 saturated carbocycles. The highest BCUT2D eigenvalue weighted by molar-refractivity contribution is 7.89. The quantitative estimate of drug-likeness (QED) is 0.649. The van der Waals surface area contributed by atoms with Gasteiger partial charge in [0.15, 0.2) is 0 Å². The highest BCUT2D eigenvalue weighted by Crippen LogP contribution is 2.27. The summed E-state index contributed by atoms with van der Waals surface area (Å²) < 4.78 is 44.9. The van der Waals surface area contributed by atoms with Crippen molar-refractivity contribution in [2.24, 2.45) is 0 Å². The van der Waals surface area contributed by atoms with Gasteiger partial charge in [0.2, 0.25) is 15.9 Å². The van der Waals surface area contributed by atoms with Gasteiger partial charge in [-0.05, 0) is 24.6 Å². The van der Waals surface area contributed by atoms with Crippen molar-refractivity contribution < 1.29 is 22.3 Å². The molecule has 0 saturated heterocycles. The van der Waals surface area contributed by atoms with Crippen molar-refractivity contribution >= 4 is 15.9 Å². The number of halogens is 1. The highest BCUT2D eigenvalue weighted by atomic mass is 32.2. The zero-order valence-electron chi connectivity index (χ0n) is 14.3. The first-order valence-corrected chi connectivity index (χ1v) is 9.41. The number of nitrogens with one attached hydrogen (secondary N) is 1. The van der Waals surface area contributed by atoms with E-state index in [2.05, 4.69) is 12.2 Å².